The molecule has 2 heterocycles. The Morgan fingerprint density at radius 3 is 1.53 bits per heavy atom. The molecule has 2 aliphatic rings. The van der Waals surface area contributed by atoms with Crippen molar-refractivity contribution in [2.45, 2.75) is 12.7 Å². The number of hydrogen-bond donors (Lipinski definition) is 0. The van der Waals surface area contributed by atoms with E-state index in [4.69, 9.17) is 0 Å². The SMILES string of the molecule is O=S1(=O)OCC2(COS(=O)(=O)OC2F)C(F)O1. The van der Waals surface area contributed by atoms with Crippen molar-refractivity contribution in [3.8, 4) is 0 Å². The first kappa shape index (κ1) is 13.0. The molecule has 12 heteroatoms. The van der Waals surface area contributed by atoms with Crippen molar-refractivity contribution >= 4 is 20.8 Å². The topological polar surface area (TPSA) is 105 Å². The highest BCUT2D eigenvalue weighted by Crippen LogP contribution is 2.42. The van der Waals surface area contributed by atoms with Crippen LogP contribution in [-0.4, -0.2) is 42.8 Å². The van der Waals surface area contributed by atoms with Gasteiger partial charge in [0.05, 0.1) is 13.2 Å². The minimum absolute atomic E-state index is 0.993. The van der Waals surface area contributed by atoms with Gasteiger partial charge in [-0.3, -0.25) is 0 Å². The van der Waals surface area contributed by atoms with E-state index in [1.54, 1.807) is 0 Å². The second-order valence-electron chi connectivity index (χ2n) is 3.40. The summed E-state index contributed by atoms with van der Waals surface area (Å²) in [5.74, 6) is 0. The Morgan fingerprint density at radius 1 is 0.882 bits per heavy atom. The van der Waals surface area contributed by atoms with E-state index in [1.807, 2.05) is 0 Å². The van der Waals surface area contributed by atoms with Crippen LogP contribution in [0.5, 0.6) is 0 Å². The third-order valence-electron chi connectivity index (χ3n) is 2.25. The molecule has 2 unspecified atom stereocenters. The maximum atomic E-state index is 13.4. The first-order chi connectivity index (χ1) is 7.67. The van der Waals surface area contributed by atoms with Crippen LogP contribution >= 0.6 is 0 Å². The summed E-state index contributed by atoms with van der Waals surface area (Å²) in [4.78, 5) is 0. The Balaban J connectivity index is 2.27. The van der Waals surface area contributed by atoms with Crippen LogP contribution in [0.1, 0.15) is 0 Å². The van der Waals surface area contributed by atoms with E-state index in [0.29, 0.717) is 0 Å². The largest absolute Gasteiger partial charge is 0.402 e. The van der Waals surface area contributed by atoms with Gasteiger partial charge < -0.3 is 0 Å². The van der Waals surface area contributed by atoms with Gasteiger partial charge in [0, 0.05) is 0 Å². The highest BCUT2D eigenvalue weighted by atomic mass is 32.3. The van der Waals surface area contributed by atoms with Crippen molar-refractivity contribution in [1.29, 1.82) is 0 Å². The lowest BCUT2D eigenvalue weighted by atomic mass is 9.90. The number of halogens is 2. The Morgan fingerprint density at radius 2 is 1.24 bits per heavy atom. The van der Waals surface area contributed by atoms with Gasteiger partial charge >= 0.3 is 20.8 Å². The predicted octanol–water partition coefficient (Wildman–Crippen LogP) is -0.853. The molecule has 0 aromatic carbocycles. The lowest BCUT2D eigenvalue weighted by Gasteiger charge is -2.40. The van der Waals surface area contributed by atoms with E-state index in [-0.39, 0.29) is 0 Å². The van der Waals surface area contributed by atoms with Crippen molar-refractivity contribution in [1.82, 2.24) is 0 Å². The van der Waals surface area contributed by atoms with Crippen molar-refractivity contribution in [3.05, 3.63) is 0 Å². The van der Waals surface area contributed by atoms with Crippen LogP contribution < -0.4 is 0 Å². The smallest absolute Gasteiger partial charge is 0.247 e. The summed E-state index contributed by atoms with van der Waals surface area (Å²) in [6.45, 7) is -1.99. The summed E-state index contributed by atoms with van der Waals surface area (Å²) in [7, 11) is -9.12. The summed E-state index contributed by atoms with van der Waals surface area (Å²) in [5.41, 5.74) is -2.30. The molecule has 0 aliphatic carbocycles. The first-order valence-corrected chi connectivity index (χ1v) is 6.77. The van der Waals surface area contributed by atoms with E-state index < -0.39 is 52.1 Å². The average molecular weight is 296 g/mol. The fourth-order valence-electron chi connectivity index (χ4n) is 1.22. The van der Waals surface area contributed by atoms with Gasteiger partial charge in [-0.1, -0.05) is 0 Å². The second kappa shape index (κ2) is 3.80. The van der Waals surface area contributed by atoms with Gasteiger partial charge in [-0.2, -0.15) is 16.8 Å². The van der Waals surface area contributed by atoms with Crippen molar-refractivity contribution < 1.29 is 42.3 Å². The fraction of sp³-hybridized carbons (Fsp3) is 1.00. The molecule has 8 nitrogen and oxygen atoms in total. The second-order valence-corrected chi connectivity index (χ2v) is 5.89. The summed E-state index contributed by atoms with van der Waals surface area (Å²) in [5, 5.41) is 0. The van der Waals surface area contributed by atoms with Crippen LogP contribution in [0.15, 0.2) is 0 Å². The molecule has 0 aromatic heterocycles. The monoisotopic (exact) mass is 296 g/mol. The molecule has 2 rings (SSSR count). The lowest BCUT2D eigenvalue weighted by molar-refractivity contribution is -0.219. The van der Waals surface area contributed by atoms with Gasteiger partial charge in [0.1, 0.15) is 5.41 Å². The predicted molar refractivity (Wildman–Crippen MR) is 44.1 cm³/mol. The van der Waals surface area contributed by atoms with Crippen LogP contribution in [0.2, 0.25) is 0 Å². The van der Waals surface area contributed by atoms with Gasteiger partial charge in [-0.25, -0.2) is 25.5 Å². The van der Waals surface area contributed by atoms with Gasteiger partial charge in [0.25, 0.3) is 0 Å². The molecular formula is C5H6F2O8S2. The fourth-order valence-corrected chi connectivity index (χ4v) is 2.86. The first-order valence-electron chi connectivity index (χ1n) is 4.10. The lowest BCUT2D eigenvalue weighted by Crippen LogP contribution is -2.58. The molecule has 0 N–H and O–H groups in total. The zero-order valence-corrected chi connectivity index (χ0v) is 9.54. The molecule has 2 fully saturated rings. The normalized spacial score (nSPS) is 44.6. The molecule has 0 radical (unpaired) electrons. The third-order valence-corrected chi connectivity index (χ3v) is 3.88. The summed E-state index contributed by atoms with van der Waals surface area (Å²) < 4.78 is 85.5. The Labute approximate surface area is 95.1 Å². The minimum Gasteiger partial charge on any atom is -0.247 e. The standard InChI is InChI=1S/C5H6F2O8S2/c6-3-5(1-12-16(8,9)14-3)2-13-17(10,11)15-4(5)7/h3-4H,1-2H2. The quantitative estimate of drug-likeness (QED) is 0.569. The molecule has 2 saturated heterocycles. The number of alkyl halides is 2. The number of hydrogen-bond acceptors (Lipinski definition) is 8. The van der Waals surface area contributed by atoms with Crippen LogP contribution in [-0.2, 0) is 37.5 Å². The van der Waals surface area contributed by atoms with Crippen LogP contribution in [0, 0.1) is 5.41 Å². The molecule has 0 amide bonds. The molecule has 100 valence electrons. The van der Waals surface area contributed by atoms with Gasteiger partial charge in [-0.05, 0) is 0 Å². The molecule has 1 spiro atoms. The average Bonchev–Trinajstić information content (AvgIpc) is 2.13. The van der Waals surface area contributed by atoms with Crippen molar-refractivity contribution in [2.24, 2.45) is 5.41 Å². The Hall–Kier alpha value is -0.400. The van der Waals surface area contributed by atoms with E-state index in [1.165, 1.54) is 0 Å². The van der Waals surface area contributed by atoms with E-state index >= 15 is 0 Å². The van der Waals surface area contributed by atoms with Gasteiger partial charge in [0.15, 0.2) is 0 Å². The van der Waals surface area contributed by atoms with Crippen molar-refractivity contribution in [3.63, 3.8) is 0 Å². The highest BCUT2D eigenvalue weighted by molar-refractivity contribution is 7.82. The summed E-state index contributed by atoms with van der Waals surface area (Å²) in [6.07, 6.45) is -5.35. The number of rotatable bonds is 0. The highest BCUT2D eigenvalue weighted by Gasteiger charge is 2.60. The Kier molecular flexibility index (Phi) is 2.91. The van der Waals surface area contributed by atoms with Crippen LogP contribution in [0.4, 0.5) is 8.78 Å². The minimum atomic E-state index is -4.56. The Bertz CT molecular complexity index is 464. The molecule has 0 aromatic rings. The van der Waals surface area contributed by atoms with E-state index in [9.17, 15) is 25.6 Å². The molecule has 17 heavy (non-hydrogen) atoms. The van der Waals surface area contributed by atoms with Crippen LogP contribution in [0.25, 0.3) is 0 Å². The molecule has 0 bridgehead atoms. The van der Waals surface area contributed by atoms with Gasteiger partial charge in [0.2, 0.25) is 12.7 Å². The zero-order chi connectivity index (χ0) is 12.9. The molecular weight excluding hydrogens is 290 g/mol. The maximum absolute atomic E-state index is 13.4. The van der Waals surface area contributed by atoms with Crippen molar-refractivity contribution in [2.75, 3.05) is 13.2 Å². The van der Waals surface area contributed by atoms with E-state index in [0.717, 1.165) is 0 Å². The van der Waals surface area contributed by atoms with Gasteiger partial charge in [-0.15, -0.1) is 0 Å². The maximum Gasteiger partial charge on any atom is 0.402 e. The van der Waals surface area contributed by atoms with Crippen LogP contribution in [0.3, 0.4) is 0 Å². The molecule has 0 saturated carbocycles. The third kappa shape index (κ3) is 2.28. The summed E-state index contributed by atoms with van der Waals surface area (Å²) in [6, 6.07) is 0. The van der Waals surface area contributed by atoms with E-state index in [2.05, 4.69) is 16.7 Å². The molecule has 2 aliphatic heterocycles. The molecule has 2 atom stereocenters. The zero-order valence-electron chi connectivity index (χ0n) is 7.91. The summed E-state index contributed by atoms with van der Waals surface area (Å²) >= 11 is 0.